The maximum absolute atomic E-state index is 12.3. The molecule has 0 saturated heterocycles. The first kappa shape index (κ1) is 19.6. The van der Waals surface area contributed by atoms with E-state index in [0.29, 0.717) is 24.1 Å². The highest BCUT2D eigenvalue weighted by Gasteiger charge is 2.32. The highest BCUT2D eigenvalue weighted by Crippen LogP contribution is 2.33. The molecule has 1 aliphatic carbocycles. The minimum Gasteiger partial charge on any atom is -0.507 e. The van der Waals surface area contributed by atoms with Gasteiger partial charge in [-0.05, 0) is 36.1 Å². The molecule has 2 amide bonds. The standard InChI is InChI=1S/C19H18ClN3O5/c1-19(2)7-13-10(15(25)8-19)6-12(16(26)21-13)18(28)23-22-17(27)11-5-9(20)3-4-14(11)24/h3-6,24H,7-8H2,1-2H3,(H,21,26)(H,22,27)(H,23,28). The second-order valence-corrected chi connectivity index (χ2v) is 7.85. The van der Waals surface area contributed by atoms with Gasteiger partial charge in [0.25, 0.3) is 17.4 Å². The Balaban J connectivity index is 1.79. The van der Waals surface area contributed by atoms with Crippen molar-refractivity contribution in [3.05, 3.63) is 62.0 Å². The molecule has 0 atom stereocenters. The van der Waals surface area contributed by atoms with Gasteiger partial charge in [0, 0.05) is 22.7 Å². The number of fused-ring (bicyclic) bond motifs is 1. The third-order valence-corrected chi connectivity index (χ3v) is 4.69. The molecule has 4 N–H and O–H groups in total. The lowest BCUT2D eigenvalue weighted by Crippen LogP contribution is -2.44. The molecule has 1 aromatic carbocycles. The van der Waals surface area contributed by atoms with Crippen molar-refractivity contribution in [2.24, 2.45) is 5.41 Å². The number of carbonyl (C=O) groups is 3. The van der Waals surface area contributed by atoms with Crippen molar-refractivity contribution in [3.63, 3.8) is 0 Å². The quantitative estimate of drug-likeness (QED) is 0.570. The van der Waals surface area contributed by atoms with E-state index in [4.69, 9.17) is 11.6 Å². The number of aromatic nitrogens is 1. The van der Waals surface area contributed by atoms with Crippen molar-refractivity contribution in [3.8, 4) is 5.75 Å². The minimum atomic E-state index is -0.892. The lowest BCUT2D eigenvalue weighted by Gasteiger charge is -2.29. The molecule has 2 aromatic rings. The summed E-state index contributed by atoms with van der Waals surface area (Å²) in [4.78, 5) is 51.6. The number of hydrogen-bond donors (Lipinski definition) is 4. The van der Waals surface area contributed by atoms with Crippen LogP contribution >= 0.6 is 11.6 Å². The number of Topliss-reactive ketones (excluding diaryl/α,β-unsaturated/α-hetero) is 1. The van der Waals surface area contributed by atoms with Crippen LogP contribution in [-0.2, 0) is 6.42 Å². The summed E-state index contributed by atoms with van der Waals surface area (Å²) in [6.07, 6.45) is 0.813. The van der Waals surface area contributed by atoms with Gasteiger partial charge >= 0.3 is 0 Å². The number of amides is 2. The van der Waals surface area contributed by atoms with E-state index in [1.54, 1.807) is 0 Å². The third kappa shape index (κ3) is 3.91. The largest absolute Gasteiger partial charge is 0.507 e. The van der Waals surface area contributed by atoms with E-state index < -0.39 is 17.4 Å². The van der Waals surface area contributed by atoms with E-state index in [2.05, 4.69) is 15.8 Å². The summed E-state index contributed by atoms with van der Waals surface area (Å²) in [5.74, 6) is -2.20. The number of aromatic amines is 1. The number of hydrogen-bond acceptors (Lipinski definition) is 5. The van der Waals surface area contributed by atoms with E-state index in [0.717, 1.165) is 0 Å². The average molecular weight is 404 g/mol. The molecule has 3 rings (SSSR count). The monoisotopic (exact) mass is 403 g/mol. The Morgan fingerprint density at radius 1 is 1.07 bits per heavy atom. The second-order valence-electron chi connectivity index (χ2n) is 7.42. The summed E-state index contributed by atoms with van der Waals surface area (Å²) >= 11 is 5.79. The van der Waals surface area contributed by atoms with Gasteiger partial charge in [0.15, 0.2) is 5.78 Å². The maximum atomic E-state index is 12.3. The van der Waals surface area contributed by atoms with Gasteiger partial charge in [-0.25, -0.2) is 0 Å². The summed E-state index contributed by atoms with van der Waals surface area (Å²) in [7, 11) is 0. The highest BCUT2D eigenvalue weighted by molar-refractivity contribution is 6.31. The smallest absolute Gasteiger partial charge is 0.275 e. The van der Waals surface area contributed by atoms with E-state index in [-0.39, 0.29) is 33.1 Å². The summed E-state index contributed by atoms with van der Waals surface area (Å²) in [6, 6.07) is 5.10. The van der Waals surface area contributed by atoms with Gasteiger partial charge < -0.3 is 10.1 Å². The van der Waals surface area contributed by atoms with Crippen molar-refractivity contribution in [1.82, 2.24) is 15.8 Å². The fourth-order valence-corrected chi connectivity index (χ4v) is 3.31. The predicted octanol–water partition coefficient (Wildman–Crippen LogP) is 1.96. The van der Waals surface area contributed by atoms with Gasteiger partial charge in [-0.3, -0.25) is 30.0 Å². The molecule has 0 spiro atoms. The van der Waals surface area contributed by atoms with Crippen molar-refractivity contribution < 1.29 is 19.5 Å². The van der Waals surface area contributed by atoms with Gasteiger partial charge in [-0.15, -0.1) is 0 Å². The van der Waals surface area contributed by atoms with Crippen LogP contribution in [0.1, 0.15) is 57.0 Å². The molecule has 0 unspecified atom stereocenters. The van der Waals surface area contributed by atoms with Crippen LogP contribution in [0.5, 0.6) is 5.75 Å². The second kappa shape index (κ2) is 7.12. The van der Waals surface area contributed by atoms with Crippen LogP contribution in [0.15, 0.2) is 29.1 Å². The van der Waals surface area contributed by atoms with E-state index in [1.165, 1.54) is 24.3 Å². The molecule has 9 heteroatoms. The Morgan fingerprint density at radius 3 is 2.39 bits per heavy atom. The fourth-order valence-electron chi connectivity index (χ4n) is 3.13. The van der Waals surface area contributed by atoms with E-state index >= 15 is 0 Å². The number of hydrazine groups is 1. The summed E-state index contributed by atoms with van der Waals surface area (Å²) in [5, 5.41) is 9.93. The van der Waals surface area contributed by atoms with Crippen LogP contribution in [0.25, 0.3) is 0 Å². The number of rotatable bonds is 2. The van der Waals surface area contributed by atoms with E-state index in [1.807, 2.05) is 13.8 Å². The Hall–Kier alpha value is -3.13. The normalized spacial score (nSPS) is 14.9. The van der Waals surface area contributed by atoms with Crippen LogP contribution < -0.4 is 16.4 Å². The number of ketones is 1. The molecular formula is C19H18ClN3O5. The number of nitrogens with one attached hydrogen (secondary N) is 3. The fraction of sp³-hybridized carbons (Fsp3) is 0.263. The van der Waals surface area contributed by atoms with Crippen molar-refractivity contribution >= 4 is 29.2 Å². The third-order valence-electron chi connectivity index (χ3n) is 4.46. The molecular weight excluding hydrogens is 386 g/mol. The molecule has 0 aliphatic heterocycles. The van der Waals surface area contributed by atoms with Gasteiger partial charge in [-0.2, -0.15) is 0 Å². The van der Waals surface area contributed by atoms with E-state index in [9.17, 15) is 24.3 Å². The SMILES string of the molecule is CC1(C)CC(=O)c2cc(C(=O)NNC(=O)c3cc(Cl)ccc3O)c(=O)[nH]c2C1. The molecule has 146 valence electrons. The summed E-state index contributed by atoms with van der Waals surface area (Å²) in [5.41, 5.74) is 3.60. The van der Waals surface area contributed by atoms with Crippen molar-refractivity contribution in [2.75, 3.05) is 0 Å². The lowest BCUT2D eigenvalue weighted by molar-refractivity contribution is 0.0843. The minimum absolute atomic E-state index is 0.149. The first-order valence-electron chi connectivity index (χ1n) is 8.46. The van der Waals surface area contributed by atoms with Gasteiger partial charge in [-0.1, -0.05) is 25.4 Å². The summed E-state index contributed by atoms with van der Waals surface area (Å²) < 4.78 is 0. The van der Waals surface area contributed by atoms with Gasteiger partial charge in [0.05, 0.1) is 5.56 Å². The number of benzene rings is 1. The number of phenols is 1. The lowest BCUT2D eigenvalue weighted by atomic mass is 9.75. The molecule has 0 bridgehead atoms. The number of phenolic OH excluding ortho intramolecular Hbond substituents is 1. The van der Waals surface area contributed by atoms with Crippen LogP contribution in [0.4, 0.5) is 0 Å². The molecule has 28 heavy (non-hydrogen) atoms. The van der Waals surface area contributed by atoms with Crippen LogP contribution in [0.2, 0.25) is 5.02 Å². The molecule has 1 aromatic heterocycles. The molecule has 1 aliphatic rings. The average Bonchev–Trinajstić information content (AvgIpc) is 2.60. The molecule has 8 nitrogen and oxygen atoms in total. The summed E-state index contributed by atoms with van der Waals surface area (Å²) in [6.45, 7) is 3.85. The molecule has 0 saturated carbocycles. The Labute approximate surface area is 164 Å². The Bertz CT molecular complexity index is 1060. The Kier molecular flexibility index (Phi) is 4.99. The predicted molar refractivity (Wildman–Crippen MR) is 102 cm³/mol. The first-order valence-corrected chi connectivity index (χ1v) is 8.84. The molecule has 0 fully saturated rings. The first-order chi connectivity index (χ1) is 13.1. The number of pyridine rings is 1. The maximum Gasteiger partial charge on any atom is 0.275 e. The topological polar surface area (TPSA) is 128 Å². The van der Waals surface area contributed by atoms with Gasteiger partial charge in [0.1, 0.15) is 11.3 Å². The number of carbonyl (C=O) groups excluding carboxylic acids is 3. The number of aromatic hydroxyl groups is 1. The number of H-pyrrole nitrogens is 1. The zero-order valence-corrected chi connectivity index (χ0v) is 15.9. The zero-order valence-electron chi connectivity index (χ0n) is 15.2. The van der Waals surface area contributed by atoms with Crippen LogP contribution in [0.3, 0.4) is 0 Å². The molecule has 1 heterocycles. The Morgan fingerprint density at radius 2 is 1.71 bits per heavy atom. The van der Waals surface area contributed by atoms with Crippen LogP contribution in [0, 0.1) is 5.41 Å². The van der Waals surface area contributed by atoms with Gasteiger partial charge in [0.2, 0.25) is 0 Å². The number of halogens is 1. The van der Waals surface area contributed by atoms with Crippen molar-refractivity contribution in [1.29, 1.82) is 0 Å². The van der Waals surface area contributed by atoms with Crippen molar-refractivity contribution in [2.45, 2.75) is 26.7 Å². The highest BCUT2D eigenvalue weighted by atomic mass is 35.5. The van der Waals surface area contributed by atoms with Crippen LogP contribution in [-0.4, -0.2) is 27.7 Å². The molecule has 0 radical (unpaired) electrons. The zero-order chi connectivity index (χ0) is 20.6.